The Labute approximate surface area is 117 Å². The molecule has 0 saturated heterocycles. The molecule has 1 aromatic carbocycles. The summed E-state index contributed by atoms with van der Waals surface area (Å²) in [6.45, 7) is 0. The van der Waals surface area contributed by atoms with Crippen LogP contribution in [0.4, 0.5) is 15.9 Å². The Bertz CT molecular complexity index is 620. The molecule has 0 aliphatic rings. The molecule has 1 amide bonds. The molecule has 19 heavy (non-hydrogen) atoms. The zero-order valence-electron chi connectivity index (χ0n) is 9.65. The molecule has 4 N–H and O–H groups in total. The predicted molar refractivity (Wildman–Crippen MR) is 74.1 cm³/mol. The van der Waals surface area contributed by atoms with Crippen LogP contribution in [0.2, 0.25) is 0 Å². The van der Waals surface area contributed by atoms with Crippen molar-refractivity contribution in [2.24, 2.45) is 5.84 Å². The van der Waals surface area contributed by atoms with E-state index in [0.717, 1.165) is 0 Å². The van der Waals surface area contributed by atoms with Gasteiger partial charge in [0.1, 0.15) is 11.6 Å². The molecule has 98 valence electrons. The van der Waals surface area contributed by atoms with Gasteiger partial charge in [-0.05, 0) is 46.3 Å². The van der Waals surface area contributed by atoms with Gasteiger partial charge in [0.2, 0.25) is 0 Å². The number of nitrogens with one attached hydrogen (secondary N) is 2. The van der Waals surface area contributed by atoms with Crippen LogP contribution in [-0.4, -0.2) is 10.9 Å². The number of carbonyl (C=O) groups is 1. The van der Waals surface area contributed by atoms with Gasteiger partial charge in [-0.1, -0.05) is 0 Å². The van der Waals surface area contributed by atoms with Gasteiger partial charge in [-0.2, -0.15) is 0 Å². The quantitative estimate of drug-likeness (QED) is 0.598. The van der Waals surface area contributed by atoms with Crippen molar-refractivity contribution in [3.63, 3.8) is 0 Å². The zero-order chi connectivity index (χ0) is 13.8. The van der Waals surface area contributed by atoms with E-state index in [-0.39, 0.29) is 11.7 Å². The molecule has 0 fully saturated rings. The normalized spacial score (nSPS) is 10.1. The molecule has 0 radical (unpaired) electrons. The molecule has 0 aliphatic heterocycles. The van der Waals surface area contributed by atoms with Crippen LogP contribution in [0, 0.1) is 5.82 Å². The van der Waals surface area contributed by atoms with Gasteiger partial charge >= 0.3 is 0 Å². The Morgan fingerprint density at radius 1 is 1.32 bits per heavy atom. The van der Waals surface area contributed by atoms with Crippen LogP contribution in [0.5, 0.6) is 0 Å². The first-order valence-corrected chi connectivity index (χ1v) is 6.08. The number of aromatic nitrogens is 1. The van der Waals surface area contributed by atoms with Crippen LogP contribution in [0.15, 0.2) is 41.0 Å². The lowest BCUT2D eigenvalue weighted by atomic mass is 10.2. The van der Waals surface area contributed by atoms with Crippen molar-refractivity contribution in [3.8, 4) is 0 Å². The van der Waals surface area contributed by atoms with Crippen molar-refractivity contribution >= 4 is 33.3 Å². The third-order valence-corrected chi connectivity index (χ3v) is 3.01. The summed E-state index contributed by atoms with van der Waals surface area (Å²) in [4.78, 5) is 15.9. The molecule has 0 atom stereocenters. The average molecular weight is 325 g/mol. The Morgan fingerprint density at radius 2 is 2.11 bits per heavy atom. The largest absolute Gasteiger partial charge is 0.321 e. The molecule has 0 unspecified atom stereocenters. The van der Waals surface area contributed by atoms with E-state index < -0.39 is 0 Å². The second-order valence-corrected chi connectivity index (χ2v) is 4.51. The number of rotatable bonds is 3. The van der Waals surface area contributed by atoms with Crippen molar-refractivity contribution in [2.75, 3.05) is 10.7 Å². The lowest BCUT2D eigenvalue weighted by Crippen LogP contribution is -2.14. The first-order valence-electron chi connectivity index (χ1n) is 5.29. The van der Waals surface area contributed by atoms with Gasteiger partial charge in [-0.3, -0.25) is 4.79 Å². The minimum absolute atomic E-state index is 0.341. The van der Waals surface area contributed by atoms with Crippen molar-refractivity contribution in [1.82, 2.24) is 4.98 Å². The summed E-state index contributed by atoms with van der Waals surface area (Å²) in [5.74, 6) is 4.87. The number of nitrogen functional groups attached to an aromatic ring is 1. The van der Waals surface area contributed by atoms with E-state index in [1.54, 1.807) is 6.07 Å². The topological polar surface area (TPSA) is 80.0 Å². The van der Waals surface area contributed by atoms with E-state index in [1.165, 1.54) is 30.5 Å². The fourth-order valence-corrected chi connectivity index (χ4v) is 1.89. The summed E-state index contributed by atoms with van der Waals surface area (Å²) in [5.41, 5.74) is 3.22. The molecular formula is C12H10BrFN4O. The summed E-state index contributed by atoms with van der Waals surface area (Å²) in [5, 5.41) is 2.66. The van der Waals surface area contributed by atoms with E-state index in [1.807, 2.05) is 0 Å². The van der Waals surface area contributed by atoms with Gasteiger partial charge in [0.15, 0.2) is 0 Å². The minimum atomic E-state index is -0.386. The number of nitrogens with zero attached hydrogens (tertiary/aromatic N) is 1. The summed E-state index contributed by atoms with van der Waals surface area (Å²) in [7, 11) is 0. The number of amides is 1. The van der Waals surface area contributed by atoms with Crippen LogP contribution in [0.25, 0.3) is 0 Å². The fourth-order valence-electron chi connectivity index (χ4n) is 1.44. The molecule has 1 heterocycles. The number of hydrazine groups is 1. The van der Waals surface area contributed by atoms with E-state index in [0.29, 0.717) is 21.5 Å². The van der Waals surface area contributed by atoms with Crippen molar-refractivity contribution < 1.29 is 9.18 Å². The Balaban J connectivity index is 2.20. The predicted octanol–water partition coefficient (Wildman–Crippen LogP) is 2.52. The van der Waals surface area contributed by atoms with Gasteiger partial charge in [0.25, 0.3) is 5.91 Å². The van der Waals surface area contributed by atoms with Crippen LogP contribution in [0.1, 0.15) is 10.4 Å². The second kappa shape index (κ2) is 5.77. The molecule has 7 heteroatoms. The first kappa shape index (κ1) is 13.4. The van der Waals surface area contributed by atoms with Crippen molar-refractivity contribution in [3.05, 3.63) is 52.4 Å². The van der Waals surface area contributed by atoms with Crippen molar-refractivity contribution in [1.29, 1.82) is 0 Å². The number of carbonyl (C=O) groups excluding carboxylic acids is 1. The third-order valence-electron chi connectivity index (χ3n) is 2.35. The van der Waals surface area contributed by atoms with Gasteiger partial charge in [0, 0.05) is 16.2 Å². The number of nitrogens with two attached hydrogens (primary N) is 1. The van der Waals surface area contributed by atoms with Gasteiger partial charge in [-0.25, -0.2) is 15.2 Å². The van der Waals surface area contributed by atoms with Crippen LogP contribution in [0.3, 0.4) is 0 Å². The molecule has 2 aromatic rings. The van der Waals surface area contributed by atoms with E-state index in [2.05, 4.69) is 31.7 Å². The Morgan fingerprint density at radius 3 is 2.79 bits per heavy atom. The lowest BCUT2D eigenvalue weighted by molar-refractivity contribution is 0.102. The monoisotopic (exact) mass is 324 g/mol. The highest BCUT2D eigenvalue weighted by molar-refractivity contribution is 9.10. The maximum atomic E-state index is 12.9. The maximum absolute atomic E-state index is 12.9. The number of benzene rings is 1. The minimum Gasteiger partial charge on any atom is -0.321 e. The Hall–Kier alpha value is -1.99. The molecule has 0 spiro atoms. The maximum Gasteiger partial charge on any atom is 0.255 e. The van der Waals surface area contributed by atoms with Crippen LogP contribution in [-0.2, 0) is 0 Å². The summed E-state index contributed by atoms with van der Waals surface area (Å²) in [6.07, 6.45) is 1.46. The zero-order valence-corrected chi connectivity index (χ0v) is 11.2. The lowest BCUT2D eigenvalue weighted by Gasteiger charge is -2.08. The number of hydrogen-bond acceptors (Lipinski definition) is 4. The van der Waals surface area contributed by atoms with E-state index in [4.69, 9.17) is 5.84 Å². The first-order chi connectivity index (χ1) is 9.10. The molecule has 0 saturated carbocycles. The fraction of sp³-hybridized carbons (Fsp3) is 0. The van der Waals surface area contributed by atoms with E-state index in [9.17, 15) is 9.18 Å². The number of halogens is 2. The van der Waals surface area contributed by atoms with Crippen LogP contribution >= 0.6 is 15.9 Å². The smallest absolute Gasteiger partial charge is 0.255 e. The summed E-state index contributed by atoms with van der Waals surface area (Å²) in [6, 6.07) is 7.07. The SMILES string of the molecule is NNc1cc(C(=O)Nc2ccc(F)cc2Br)ccn1. The number of anilines is 2. The van der Waals surface area contributed by atoms with Gasteiger partial charge < -0.3 is 10.7 Å². The average Bonchev–Trinajstić information content (AvgIpc) is 2.42. The van der Waals surface area contributed by atoms with Crippen molar-refractivity contribution in [2.45, 2.75) is 0 Å². The molecule has 0 aliphatic carbocycles. The van der Waals surface area contributed by atoms with E-state index >= 15 is 0 Å². The third kappa shape index (κ3) is 3.27. The molecule has 5 nitrogen and oxygen atoms in total. The molecule has 2 rings (SSSR count). The summed E-state index contributed by atoms with van der Waals surface area (Å²) >= 11 is 3.18. The highest BCUT2D eigenvalue weighted by atomic mass is 79.9. The highest BCUT2D eigenvalue weighted by Gasteiger charge is 2.09. The second-order valence-electron chi connectivity index (χ2n) is 3.65. The van der Waals surface area contributed by atoms with Gasteiger partial charge in [0.05, 0.1) is 5.69 Å². The van der Waals surface area contributed by atoms with Gasteiger partial charge in [-0.15, -0.1) is 0 Å². The molecule has 1 aromatic heterocycles. The van der Waals surface area contributed by atoms with Crippen LogP contribution < -0.4 is 16.6 Å². The standard InChI is InChI=1S/C12H10BrFN4O/c13-9-6-8(14)1-2-10(9)17-12(19)7-3-4-16-11(5-7)18-15/h1-6H,15H2,(H,16,18)(H,17,19). The molecule has 0 bridgehead atoms. The number of hydrogen-bond donors (Lipinski definition) is 3. The molecular weight excluding hydrogens is 315 g/mol. The summed E-state index contributed by atoms with van der Waals surface area (Å²) < 4.78 is 13.4. The Kier molecular flexibility index (Phi) is 4.08. The highest BCUT2D eigenvalue weighted by Crippen LogP contribution is 2.23. The number of pyridine rings is 1.